The fraction of sp³-hybridized carbons (Fsp3) is 0.353. The van der Waals surface area contributed by atoms with Gasteiger partial charge in [-0.2, -0.15) is 0 Å². The Morgan fingerprint density at radius 2 is 2.17 bits per heavy atom. The van der Waals surface area contributed by atoms with Crippen molar-refractivity contribution in [3.05, 3.63) is 46.2 Å². The number of halogens is 2. The van der Waals surface area contributed by atoms with E-state index < -0.39 is 12.0 Å². The molecule has 1 N–H and O–H groups in total. The Morgan fingerprint density at radius 3 is 2.91 bits per heavy atom. The SMILES string of the molecule is C=CCOC1C2=C(CCCC2)C(=O)N1c1cc(O)c(Br)cc1F. The largest absolute Gasteiger partial charge is 0.507 e. The number of aromatic hydroxyl groups is 1. The molecule has 1 amide bonds. The molecule has 2 aliphatic rings. The first kappa shape index (κ1) is 16.2. The van der Waals surface area contributed by atoms with E-state index >= 15 is 0 Å². The minimum atomic E-state index is -0.633. The normalized spacial score (nSPS) is 20.9. The lowest BCUT2D eigenvalue weighted by Crippen LogP contribution is -2.38. The maximum atomic E-state index is 14.4. The average Bonchev–Trinajstić information content (AvgIpc) is 2.82. The van der Waals surface area contributed by atoms with Crippen molar-refractivity contribution >= 4 is 27.5 Å². The quantitative estimate of drug-likeness (QED) is 0.800. The number of carbonyl (C=O) groups excluding carboxylic acids is 1. The zero-order valence-corrected chi connectivity index (χ0v) is 14.1. The summed E-state index contributed by atoms with van der Waals surface area (Å²) < 4.78 is 20.4. The highest BCUT2D eigenvalue weighted by molar-refractivity contribution is 9.10. The lowest BCUT2D eigenvalue weighted by molar-refractivity contribution is -0.116. The molecule has 23 heavy (non-hydrogen) atoms. The van der Waals surface area contributed by atoms with Gasteiger partial charge in [-0.3, -0.25) is 9.69 Å². The molecule has 0 fully saturated rings. The van der Waals surface area contributed by atoms with Crippen molar-refractivity contribution in [1.29, 1.82) is 0 Å². The number of amides is 1. The summed E-state index contributed by atoms with van der Waals surface area (Å²) in [5, 5.41) is 9.87. The van der Waals surface area contributed by atoms with E-state index in [-0.39, 0.29) is 28.4 Å². The Balaban J connectivity index is 2.05. The molecule has 1 aliphatic carbocycles. The fourth-order valence-electron chi connectivity index (χ4n) is 3.13. The Hall–Kier alpha value is -1.66. The fourth-order valence-corrected chi connectivity index (χ4v) is 3.45. The lowest BCUT2D eigenvalue weighted by Gasteiger charge is -2.27. The number of nitrogens with zero attached hydrogens (tertiary/aromatic N) is 1. The molecular weight excluding hydrogens is 365 g/mol. The van der Waals surface area contributed by atoms with Crippen LogP contribution in [0.3, 0.4) is 0 Å². The van der Waals surface area contributed by atoms with Crippen LogP contribution in [0.5, 0.6) is 5.75 Å². The number of anilines is 1. The van der Waals surface area contributed by atoms with E-state index in [4.69, 9.17) is 4.74 Å². The van der Waals surface area contributed by atoms with Crippen molar-refractivity contribution < 1.29 is 19.0 Å². The van der Waals surface area contributed by atoms with Crippen LogP contribution in [0.2, 0.25) is 0 Å². The van der Waals surface area contributed by atoms with Crippen molar-refractivity contribution in [2.45, 2.75) is 31.9 Å². The Bertz CT molecular complexity index is 701. The molecule has 1 heterocycles. The van der Waals surface area contributed by atoms with Gasteiger partial charge in [0.25, 0.3) is 5.91 Å². The molecule has 6 heteroatoms. The second-order valence-electron chi connectivity index (χ2n) is 5.62. The molecule has 1 aliphatic heterocycles. The van der Waals surface area contributed by atoms with E-state index in [1.165, 1.54) is 11.0 Å². The van der Waals surface area contributed by atoms with E-state index in [2.05, 4.69) is 22.5 Å². The molecule has 3 rings (SSSR count). The van der Waals surface area contributed by atoms with Gasteiger partial charge in [-0.25, -0.2) is 4.39 Å². The maximum absolute atomic E-state index is 14.4. The van der Waals surface area contributed by atoms with Gasteiger partial charge in [0.2, 0.25) is 0 Å². The Labute approximate surface area is 142 Å². The van der Waals surface area contributed by atoms with Gasteiger partial charge >= 0.3 is 0 Å². The van der Waals surface area contributed by atoms with Gasteiger partial charge in [0.15, 0.2) is 6.23 Å². The van der Waals surface area contributed by atoms with Crippen molar-refractivity contribution in [2.24, 2.45) is 0 Å². The third kappa shape index (κ3) is 2.81. The molecule has 1 atom stereocenters. The van der Waals surface area contributed by atoms with Gasteiger partial charge in [-0.15, -0.1) is 6.58 Å². The predicted molar refractivity (Wildman–Crippen MR) is 88.7 cm³/mol. The first-order chi connectivity index (χ1) is 11.0. The summed E-state index contributed by atoms with van der Waals surface area (Å²) in [6.07, 6.45) is 4.35. The van der Waals surface area contributed by atoms with Gasteiger partial charge < -0.3 is 9.84 Å². The summed E-state index contributed by atoms with van der Waals surface area (Å²) in [5.41, 5.74) is 1.66. The van der Waals surface area contributed by atoms with Crippen LogP contribution < -0.4 is 4.90 Å². The summed E-state index contributed by atoms with van der Waals surface area (Å²) in [6.45, 7) is 3.88. The van der Waals surface area contributed by atoms with E-state index in [9.17, 15) is 14.3 Å². The number of hydrogen-bond donors (Lipinski definition) is 1. The van der Waals surface area contributed by atoms with Crippen LogP contribution >= 0.6 is 15.9 Å². The van der Waals surface area contributed by atoms with E-state index in [0.29, 0.717) is 12.0 Å². The summed E-state index contributed by atoms with van der Waals surface area (Å²) in [6, 6.07) is 2.40. The number of rotatable bonds is 4. The highest BCUT2D eigenvalue weighted by atomic mass is 79.9. The molecule has 1 aromatic carbocycles. The van der Waals surface area contributed by atoms with Crippen LogP contribution in [0.4, 0.5) is 10.1 Å². The number of phenols is 1. The van der Waals surface area contributed by atoms with Crippen molar-refractivity contribution in [3.63, 3.8) is 0 Å². The number of phenolic OH excluding ortho intramolecular Hbond substituents is 1. The summed E-state index contributed by atoms with van der Waals surface area (Å²) >= 11 is 3.07. The minimum absolute atomic E-state index is 0.0270. The number of hydrogen-bond acceptors (Lipinski definition) is 3. The molecule has 0 spiro atoms. The molecule has 0 aromatic heterocycles. The predicted octanol–water partition coefficient (Wildman–Crippen LogP) is 4.04. The zero-order chi connectivity index (χ0) is 16.6. The second kappa shape index (κ2) is 6.45. The lowest BCUT2D eigenvalue weighted by atomic mass is 9.93. The Morgan fingerprint density at radius 1 is 1.43 bits per heavy atom. The molecule has 1 unspecified atom stereocenters. The smallest absolute Gasteiger partial charge is 0.256 e. The van der Waals surface area contributed by atoms with Gasteiger partial charge in [-0.05, 0) is 53.3 Å². The van der Waals surface area contributed by atoms with Crippen LogP contribution in [0.1, 0.15) is 25.7 Å². The number of ether oxygens (including phenoxy) is 1. The summed E-state index contributed by atoms with van der Waals surface area (Å²) in [4.78, 5) is 14.1. The molecule has 0 radical (unpaired) electrons. The zero-order valence-electron chi connectivity index (χ0n) is 12.5. The van der Waals surface area contributed by atoms with Crippen LogP contribution in [-0.2, 0) is 9.53 Å². The van der Waals surface area contributed by atoms with Crippen LogP contribution in [-0.4, -0.2) is 23.8 Å². The first-order valence-corrected chi connectivity index (χ1v) is 8.30. The monoisotopic (exact) mass is 381 g/mol. The van der Waals surface area contributed by atoms with Gasteiger partial charge in [-0.1, -0.05) is 6.08 Å². The molecule has 0 bridgehead atoms. The van der Waals surface area contributed by atoms with E-state index in [1.807, 2.05) is 0 Å². The number of carbonyl (C=O) groups is 1. The summed E-state index contributed by atoms with van der Waals surface area (Å²) in [5.74, 6) is -0.953. The highest BCUT2D eigenvalue weighted by Gasteiger charge is 2.42. The van der Waals surface area contributed by atoms with Crippen LogP contribution in [0.15, 0.2) is 40.4 Å². The third-order valence-corrected chi connectivity index (χ3v) is 4.80. The Kier molecular flexibility index (Phi) is 4.55. The molecule has 122 valence electrons. The van der Waals surface area contributed by atoms with Gasteiger partial charge in [0.1, 0.15) is 11.6 Å². The van der Waals surface area contributed by atoms with Gasteiger partial charge in [0.05, 0.1) is 16.8 Å². The molecular formula is C17H17BrFNO3. The highest BCUT2D eigenvalue weighted by Crippen LogP contribution is 2.42. The minimum Gasteiger partial charge on any atom is -0.507 e. The van der Waals surface area contributed by atoms with Crippen molar-refractivity contribution in [3.8, 4) is 5.75 Å². The van der Waals surface area contributed by atoms with Gasteiger partial charge in [0, 0.05) is 11.6 Å². The number of benzene rings is 1. The van der Waals surface area contributed by atoms with Crippen molar-refractivity contribution in [1.82, 2.24) is 0 Å². The van der Waals surface area contributed by atoms with E-state index in [1.54, 1.807) is 6.08 Å². The van der Waals surface area contributed by atoms with Crippen molar-refractivity contribution in [2.75, 3.05) is 11.5 Å². The van der Waals surface area contributed by atoms with Crippen LogP contribution in [0, 0.1) is 5.82 Å². The molecule has 0 saturated carbocycles. The standard InChI is InChI=1S/C17H17BrFNO3/c1-2-7-23-17-11-6-4-3-5-10(11)16(22)20(17)14-9-15(21)12(18)8-13(14)19/h2,8-9,17,21H,1,3-7H2. The molecule has 0 saturated heterocycles. The molecule has 1 aromatic rings. The molecule has 4 nitrogen and oxygen atoms in total. The first-order valence-electron chi connectivity index (χ1n) is 7.50. The second-order valence-corrected chi connectivity index (χ2v) is 6.47. The third-order valence-electron chi connectivity index (χ3n) is 4.17. The summed E-state index contributed by atoms with van der Waals surface area (Å²) in [7, 11) is 0. The maximum Gasteiger partial charge on any atom is 0.256 e. The topological polar surface area (TPSA) is 49.8 Å². The average molecular weight is 382 g/mol. The van der Waals surface area contributed by atoms with Crippen LogP contribution in [0.25, 0.3) is 0 Å². The van der Waals surface area contributed by atoms with E-state index in [0.717, 1.165) is 30.9 Å².